The Bertz CT molecular complexity index is 999. The van der Waals surface area contributed by atoms with E-state index in [9.17, 15) is 13.2 Å². The van der Waals surface area contributed by atoms with E-state index in [4.69, 9.17) is 0 Å². The lowest BCUT2D eigenvalue weighted by Crippen LogP contribution is -2.29. The minimum atomic E-state index is -3.65. The van der Waals surface area contributed by atoms with Crippen LogP contribution in [0.1, 0.15) is 61.8 Å². The average molecular weight is 413 g/mol. The number of amides is 1. The molecule has 2 aromatic rings. The van der Waals surface area contributed by atoms with Crippen molar-refractivity contribution in [3.05, 3.63) is 59.2 Å². The van der Waals surface area contributed by atoms with Gasteiger partial charge in [0.05, 0.1) is 4.90 Å². The van der Waals surface area contributed by atoms with Crippen LogP contribution in [-0.2, 0) is 27.7 Å². The smallest absolute Gasteiger partial charge is 0.241 e. The number of nitrogens with zero attached hydrogens (tertiary/aromatic N) is 1. The summed E-state index contributed by atoms with van der Waals surface area (Å²) in [6, 6.07) is 12.7. The molecule has 1 heterocycles. The largest absolute Gasteiger partial charge is 0.312 e. The molecule has 5 nitrogen and oxygen atoms in total. The summed E-state index contributed by atoms with van der Waals surface area (Å²) in [5, 5.41) is 0. The molecule has 154 valence electrons. The average Bonchev–Trinajstić information content (AvgIpc) is 3.17. The topological polar surface area (TPSA) is 66.5 Å². The summed E-state index contributed by atoms with van der Waals surface area (Å²) in [7, 11) is -3.65. The number of sulfonamides is 1. The fraction of sp³-hybridized carbons (Fsp3) is 0.435. The number of aryl methyl sites for hydroxylation is 2. The van der Waals surface area contributed by atoms with E-state index in [-0.39, 0.29) is 16.8 Å². The molecule has 1 atom stereocenters. The van der Waals surface area contributed by atoms with Gasteiger partial charge in [-0.3, -0.25) is 4.79 Å². The van der Waals surface area contributed by atoms with Crippen molar-refractivity contribution in [2.45, 2.75) is 62.8 Å². The monoisotopic (exact) mass is 412 g/mol. The van der Waals surface area contributed by atoms with E-state index in [1.807, 2.05) is 6.92 Å². The van der Waals surface area contributed by atoms with E-state index >= 15 is 0 Å². The third kappa shape index (κ3) is 4.23. The molecule has 1 N–H and O–H groups in total. The van der Waals surface area contributed by atoms with Gasteiger partial charge < -0.3 is 4.90 Å². The number of fused-ring (bicyclic) bond motifs is 1. The van der Waals surface area contributed by atoms with Crippen molar-refractivity contribution in [1.29, 1.82) is 0 Å². The molecular weight excluding hydrogens is 384 g/mol. The van der Waals surface area contributed by atoms with Crippen molar-refractivity contribution in [3.63, 3.8) is 0 Å². The van der Waals surface area contributed by atoms with E-state index in [1.54, 1.807) is 29.2 Å². The lowest BCUT2D eigenvalue weighted by atomic mass is 9.89. The SMILES string of the molecule is CC[C@@H](NS(=O)(=O)c1ccc(N2CCCC2=O)cc1)c1ccc2c(c1)CCCC2. The van der Waals surface area contributed by atoms with Crippen LogP contribution in [0.2, 0.25) is 0 Å². The highest BCUT2D eigenvalue weighted by Gasteiger charge is 2.24. The maximum atomic E-state index is 13.0. The zero-order valence-electron chi connectivity index (χ0n) is 16.9. The molecule has 0 spiro atoms. The van der Waals surface area contributed by atoms with Crippen molar-refractivity contribution >= 4 is 21.6 Å². The summed E-state index contributed by atoms with van der Waals surface area (Å²) in [5.41, 5.74) is 4.53. The van der Waals surface area contributed by atoms with Crippen molar-refractivity contribution in [1.82, 2.24) is 4.72 Å². The molecule has 4 rings (SSSR count). The van der Waals surface area contributed by atoms with Gasteiger partial charge in [0.25, 0.3) is 0 Å². The molecule has 1 fully saturated rings. The second-order valence-electron chi connectivity index (χ2n) is 7.96. The van der Waals surface area contributed by atoms with Crippen molar-refractivity contribution in [3.8, 4) is 0 Å². The van der Waals surface area contributed by atoms with Gasteiger partial charge in [0.15, 0.2) is 0 Å². The second kappa shape index (κ2) is 8.28. The van der Waals surface area contributed by atoms with Gasteiger partial charge in [-0.15, -0.1) is 0 Å². The Morgan fingerprint density at radius 3 is 2.34 bits per heavy atom. The van der Waals surface area contributed by atoms with E-state index < -0.39 is 10.0 Å². The van der Waals surface area contributed by atoms with Gasteiger partial charge in [-0.05, 0) is 79.5 Å². The Hall–Kier alpha value is -2.18. The van der Waals surface area contributed by atoms with Gasteiger partial charge in [-0.25, -0.2) is 13.1 Å². The first-order chi connectivity index (χ1) is 14.0. The Balaban J connectivity index is 1.53. The molecule has 0 saturated carbocycles. The molecule has 1 aliphatic heterocycles. The van der Waals surface area contributed by atoms with E-state index in [0.717, 1.165) is 30.5 Å². The zero-order chi connectivity index (χ0) is 20.4. The Morgan fingerprint density at radius 1 is 0.966 bits per heavy atom. The predicted octanol–water partition coefficient (Wildman–Crippen LogP) is 4.12. The molecule has 1 amide bonds. The molecule has 0 radical (unpaired) electrons. The van der Waals surface area contributed by atoms with Gasteiger partial charge >= 0.3 is 0 Å². The number of nitrogens with one attached hydrogen (secondary N) is 1. The highest BCUT2D eigenvalue weighted by Crippen LogP contribution is 2.28. The first kappa shape index (κ1) is 20.1. The third-order valence-corrected chi connectivity index (χ3v) is 7.50. The van der Waals surface area contributed by atoms with Crippen LogP contribution in [0.3, 0.4) is 0 Å². The lowest BCUT2D eigenvalue weighted by molar-refractivity contribution is -0.117. The first-order valence-corrected chi connectivity index (χ1v) is 12.0. The van der Waals surface area contributed by atoms with E-state index in [0.29, 0.717) is 19.4 Å². The Morgan fingerprint density at radius 2 is 1.69 bits per heavy atom. The van der Waals surface area contributed by atoms with Gasteiger partial charge in [0.1, 0.15) is 0 Å². The van der Waals surface area contributed by atoms with Crippen molar-refractivity contribution in [2.75, 3.05) is 11.4 Å². The fourth-order valence-electron chi connectivity index (χ4n) is 4.34. The van der Waals surface area contributed by atoms with E-state index in [1.165, 1.54) is 24.0 Å². The summed E-state index contributed by atoms with van der Waals surface area (Å²) in [6.45, 7) is 2.69. The van der Waals surface area contributed by atoms with Crippen molar-refractivity contribution < 1.29 is 13.2 Å². The molecule has 2 aliphatic rings. The van der Waals surface area contributed by atoms with Crippen LogP contribution in [-0.4, -0.2) is 20.9 Å². The molecular formula is C23H28N2O3S. The van der Waals surface area contributed by atoms with E-state index in [2.05, 4.69) is 22.9 Å². The minimum Gasteiger partial charge on any atom is -0.312 e. The van der Waals surface area contributed by atoms with Crippen LogP contribution in [0.5, 0.6) is 0 Å². The number of benzene rings is 2. The number of rotatable bonds is 6. The summed E-state index contributed by atoms with van der Waals surface area (Å²) in [4.78, 5) is 13.8. The standard InChI is InChI=1S/C23H28N2O3S/c1-2-22(19-10-9-17-6-3-4-7-18(17)16-19)24-29(27,28)21-13-11-20(12-14-21)25-15-5-8-23(25)26/h9-14,16,22,24H,2-8,15H2,1H3/t22-/m1/s1. The molecule has 1 aliphatic carbocycles. The normalized spacial score (nSPS) is 18.0. The highest BCUT2D eigenvalue weighted by atomic mass is 32.2. The number of hydrogen-bond donors (Lipinski definition) is 1. The summed E-state index contributed by atoms with van der Waals surface area (Å²) >= 11 is 0. The Labute approximate surface area is 173 Å². The fourth-order valence-corrected chi connectivity index (χ4v) is 5.65. The molecule has 0 unspecified atom stereocenters. The van der Waals surface area contributed by atoms with Crippen LogP contribution in [0, 0.1) is 0 Å². The zero-order valence-corrected chi connectivity index (χ0v) is 17.7. The summed E-state index contributed by atoms with van der Waals surface area (Å²) in [5.74, 6) is 0.0946. The quantitative estimate of drug-likeness (QED) is 0.776. The summed E-state index contributed by atoms with van der Waals surface area (Å²) in [6.07, 6.45) is 6.70. The number of anilines is 1. The second-order valence-corrected chi connectivity index (χ2v) is 9.67. The van der Waals surface area contributed by atoms with Gasteiger partial charge in [-0.1, -0.05) is 25.1 Å². The van der Waals surface area contributed by atoms with Gasteiger partial charge in [-0.2, -0.15) is 0 Å². The summed E-state index contributed by atoms with van der Waals surface area (Å²) < 4.78 is 28.8. The first-order valence-electron chi connectivity index (χ1n) is 10.5. The highest BCUT2D eigenvalue weighted by molar-refractivity contribution is 7.89. The maximum absolute atomic E-state index is 13.0. The molecule has 2 aromatic carbocycles. The van der Waals surface area contributed by atoms with Crippen LogP contribution in [0.4, 0.5) is 5.69 Å². The third-order valence-electron chi connectivity index (χ3n) is 6.01. The molecule has 1 saturated heterocycles. The number of hydrogen-bond acceptors (Lipinski definition) is 3. The van der Waals surface area contributed by atoms with Crippen LogP contribution in [0.15, 0.2) is 47.4 Å². The molecule has 0 aromatic heterocycles. The van der Waals surface area contributed by atoms with Gasteiger partial charge in [0, 0.05) is 24.7 Å². The number of carbonyl (C=O) groups excluding carboxylic acids is 1. The maximum Gasteiger partial charge on any atom is 0.241 e. The van der Waals surface area contributed by atoms with Crippen LogP contribution < -0.4 is 9.62 Å². The Kier molecular flexibility index (Phi) is 5.74. The molecule has 29 heavy (non-hydrogen) atoms. The molecule has 6 heteroatoms. The van der Waals surface area contributed by atoms with Crippen LogP contribution >= 0.6 is 0 Å². The van der Waals surface area contributed by atoms with Gasteiger partial charge in [0.2, 0.25) is 15.9 Å². The predicted molar refractivity (Wildman–Crippen MR) is 114 cm³/mol. The van der Waals surface area contributed by atoms with Crippen molar-refractivity contribution in [2.24, 2.45) is 0 Å². The minimum absolute atomic E-state index is 0.0946. The number of carbonyl (C=O) groups is 1. The van der Waals surface area contributed by atoms with Crippen LogP contribution in [0.25, 0.3) is 0 Å². The molecule has 0 bridgehead atoms. The lowest BCUT2D eigenvalue weighted by Gasteiger charge is -2.22.